The number of hydrogen-bond donors (Lipinski definition) is 1. The first-order valence-corrected chi connectivity index (χ1v) is 7.21. The predicted molar refractivity (Wildman–Crippen MR) is 80.5 cm³/mol. The van der Waals surface area contributed by atoms with E-state index in [-0.39, 0.29) is 28.2 Å². The Kier molecular flexibility index (Phi) is 3.08. The summed E-state index contributed by atoms with van der Waals surface area (Å²) in [6.45, 7) is 7.69. The Balaban J connectivity index is 2.24. The fourth-order valence-electron chi connectivity index (χ4n) is 3.35. The van der Waals surface area contributed by atoms with Gasteiger partial charge in [0.15, 0.2) is 0 Å². The zero-order valence-corrected chi connectivity index (χ0v) is 13.1. The third-order valence-corrected chi connectivity index (χ3v) is 4.23. The van der Waals surface area contributed by atoms with Crippen LogP contribution >= 0.6 is 0 Å². The molecule has 1 unspecified atom stereocenters. The third kappa shape index (κ3) is 2.18. The quantitative estimate of drug-likeness (QED) is 0.880. The lowest BCUT2D eigenvalue weighted by Gasteiger charge is -2.27. The molecule has 1 fully saturated rings. The van der Waals surface area contributed by atoms with E-state index in [1.54, 1.807) is 0 Å². The average molecular weight is 306 g/mol. The highest BCUT2D eigenvalue weighted by Gasteiger charge is 2.47. The second kappa shape index (κ2) is 4.52. The molecule has 3 rings (SSSR count). The van der Waals surface area contributed by atoms with Crippen molar-refractivity contribution in [1.29, 1.82) is 0 Å². The first-order chi connectivity index (χ1) is 10.1. The lowest BCUT2D eigenvalue weighted by atomic mass is 9.94. The van der Waals surface area contributed by atoms with Gasteiger partial charge in [0.1, 0.15) is 11.6 Å². The van der Waals surface area contributed by atoms with Crippen LogP contribution in [0.4, 0.5) is 4.39 Å². The molecule has 118 valence electrons. The van der Waals surface area contributed by atoms with Crippen LogP contribution in [0.1, 0.15) is 40.2 Å². The van der Waals surface area contributed by atoms with Gasteiger partial charge in [0, 0.05) is 6.42 Å². The van der Waals surface area contributed by atoms with E-state index in [9.17, 15) is 14.3 Å². The second-order valence-corrected chi connectivity index (χ2v) is 6.93. The molecular formula is C16H19FN2O3. The SMILES string of the molecule is CC1(C)CC(n2ncc3c(O)ccc(F)c3c2=O)C(C)(C)O1. The molecule has 1 N–H and O–H groups in total. The van der Waals surface area contributed by atoms with E-state index in [2.05, 4.69) is 5.10 Å². The van der Waals surface area contributed by atoms with Gasteiger partial charge in [-0.1, -0.05) is 0 Å². The largest absolute Gasteiger partial charge is 0.507 e. The van der Waals surface area contributed by atoms with Crippen molar-refractivity contribution in [3.8, 4) is 5.75 Å². The number of rotatable bonds is 1. The molecule has 6 heteroatoms. The van der Waals surface area contributed by atoms with E-state index in [0.717, 1.165) is 6.07 Å². The van der Waals surface area contributed by atoms with Gasteiger partial charge in [0.25, 0.3) is 5.56 Å². The standard InChI is InChI=1S/C16H19FN2O3/c1-15(2)7-12(16(3,4)22-15)19-14(21)13-9(8-18-19)11(20)6-5-10(13)17/h5-6,8,12,20H,7H2,1-4H3. The van der Waals surface area contributed by atoms with Crippen LogP contribution in [0.5, 0.6) is 5.75 Å². The van der Waals surface area contributed by atoms with Crippen molar-refractivity contribution < 1.29 is 14.2 Å². The van der Waals surface area contributed by atoms with Gasteiger partial charge in [0.05, 0.1) is 34.2 Å². The van der Waals surface area contributed by atoms with Crippen LogP contribution in [0.25, 0.3) is 10.8 Å². The van der Waals surface area contributed by atoms with Crippen molar-refractivity contribution >= 4 is 10.8 Å². The number of nitrogens with zero attached hydrogens (tertiary/aromatic N) is 2. The van der Waals surface area contributed by atoms with Crippen LogP contribution in [0.3, 0.4) is 0 Å². The number of ether oxygens (including phenoxy) is 1. The summed E-state index contributed by atoms with van der Waals surface area (Å²) in [5, 5.41) is 13.9. The molecule has 5 nitrogen and oxygen atoms in total. The molecule has 1 aliphatic rings. The highest BCUT2D eigenvalue weighted by molar-refractivity contribution is 5.86. The number of benzene rings is 1. The summed E-state index contributed by atoms with van der Waals surface area (Å²) < 4.78 is 21.3. The maximum absolute atomic E-state index is 14.1. The second-order valence-electron chi connectivity index (χ2n) is 6.93. The Hall–Kier alpha value is -1.95. The van der Waals surface area contributed by atoms with Gasteiger partial charge < -0.3 is 9.84 Å². The molecule has 0 saturated carbocycles. The smallest absolute Gasteiger partial charge is 0.278 e. The number of phenols is 1. The minimum Gasteiger partial charge on any atom is -0.507 e. The number of fused-ring (bicyclic) bond motifs is 1. The zero-order valence-electron chi connectivity index (χ0n) is 13.1. The van der Waals surface area contributed by atoms with Crippen LogP contribution in [0.2, 0.25) is 0 Å². The van der Waals surface area contributed by atoms with Crippen LogP contribution in [-0.2, 0) is 4.74 Å². The molecule has 2 heterocycles. The summed E-state index contributed by atoms with van der Waals surface area (Å²) in [5.74, 6) is -0.819. The van der Waals surface area contributed by atoms with Crippen molar-refractivity contribution in [2.45, 2.75) is 51.4 Å². The Morgan fingerprint density at radius 2 is 2.05 bits per heavy atom. The number of aromatic hydroxyl groups is 1. The van der Waals surface area contributed by atoms with Crippen LogP contribution in [0.15, 0.2) is 23.1 Å². The molecule has 1 aliphatic heterocycles. The summed E-state index contributed by atoms with van der Waals surface area (Å²) in [4.78, 5) is 12.7. The van der Waals surface area contributed by atoms with Gasteiger partial charge in [-0.2, -0.15) is 5.10 Å². The molecule has 0 aliphatic carbocycles. The van der Waals surface area contributed by atoms with Crippen LogP contribution < -0.4 is 5.56 Å². The maximum Gasteiger partial charge on any atom is 0.278 e. The van der Waals surface area contributed by atoms with Crippen LogP contribution in [-0.4, -0.2) is 26.1 Å². The third-order valence-electron chi connectivity index (χ3n) is 4.23. The van der Waals surface area contributed by atoms with Crippen LogP contribution in [0, 0.1) is 5.82 Å². The van der Waals surface area contributed by atoms with Crippen molar-refractivity contribution in [3.05, 3.63) is 34.5 Å². The molecule has 1 aromatic carbocycles. The number of aromatic nitrogens is 2. The highest BCUT2D eigenvalue weighted by atomic mass is 19.1. The normalized spacial score (nSPS) is 23.0. The van der Waals surface area contributed by atoms with Gasteiger partial charge in [-0.15, -0.1) is 0 Å². The maximum atomic E-state index is 14.1. The van der Waals surface area contributed by atoms with E-state index < -0.39 is 17.0 Å². The van der Waals surface area contributed by atoms with E-state index in [1.165, 1.54) is 16.9 Å². The molecule has 0 spiro atoms. The van der Waals surface area contributed by atoms with Gasteiger partial charge in [0.2, 0.25) is 0 Å². The fraction of sp³-hybridized carbons (Fsp3) is 0.500. The zero-order chi connectivity index (χ0) is 16.3. The number of halogens is 1. The average Bonchev–Trinajstić information content (AvgIpc) is 2.62. The van der Waals surface area contributed by atoms with Crippen molar-refractivity contribution in [3.63, 3.8) is 0 Å². The molecule has 1 saturated heterocycles. The Morgan fingerprint density at radius 1 is 1.36 bits per heavy atom. The summed E-state index contributed by atoms with van der Waals surface area (Å²) in [6, 6.07) is 2.00. The molecule has 22 heavy (non-hydrogen) atoms. The van der Waals surface area contributed by atoms with E-state index in [0.29, 0.717) is 6.42 Å². The molecule has 0 amide bonds. The monoisotopic (exact) mass is 306 g/mol. The highest BCUT2D eigenvalue weighted by Crippen LogP contribution is 2.44. The Labute approximate surface area is 127 Å². The van der Waals surface area contributed by atoms with Crippen molar-refractivity contribution in [1.82, 2.24) is 9.78 Å². The lowest BCUT2D eigenvalue weighted by Crippen LogP contribution is -2.37. The Morgan fingerprint density at radius 3 is 2.64 bits per heavy atom. The predicted octanol–water partition coefficient (Wildman–Crippen LogP) is 2.76. The van der Waals surface area contributed by atoms with Crippen molar-refractivity contribution in [2.24, 2.45) is 0 Å². The first-order valence-electron chi connectivity index (χ1n) is 7.21. The molecule has 0 radical (unpaired) electrons. The molecule has 1 atom stereocenters. The summed E-state index contributed by atoms with van der Waals surface area (Å²) >= 11 is 0. The summed E-state index contributed by atoms with van der Waals surface area (Å²) in [7, 11) is 0. The summed E-state index contributed by atoms with van der Waals surface area (Å²) in [6.07, 6.45) is 1.93. The lowest BCUT2D eigenvalue weighted by molar-refractivity contribution is -0.0740. The molecule has 2 aromatic rings. The molecule has 0 bridgehead atoms. The first kappa shape index (κ1) is 15.0. The number of hydrogen-bond acceptors (Lipinski definition) is 4. The molecule has 1 aromatic heterocycles. The van der Waals surface area contributed by atoms with E-state index >= 15 is 0 Å². The van der Waals surface area contributed by atoms with Gasteiger partial charge in [-0.3, -0.25) is 4.79 Å². The van der Waals surface area contributed by atoms with E-state index in [1.807, 2.05) is 27.7 Å². The molecular weight excluding hydrogens is 287 g/mol. The fourth-order valence-corrected chi connectivity index (χ4v) is 3.35. The summed E-state index contributed by atoms with van der Waals surface area (Å²) in [5.41, 5.74) is -1.53. The van der Waals surface area contributed by atoms with Gasteiger partial charge >= 0.3 is 0 Å². The Bertz CT molecular complexity index is 811. The van der Waals surface area contributed by atoms with Crippen molar-refractivity contribution in [2.75, 3.05) is 0 Å². The van der Waals surface area contributed by atoms with E-state index in [4.69, 9.17) is 4.74 Å². The topological polar surface area (TPSA) is 64.3 Å². The number of phenolic OH excluding ortho intramolecular Hbond substituents is 1. The van der Waals surface area contributed by atoms with Gasteiger partial charge in [-0.05, 0) is 39.8 Å². The minimum absolute atomic E-state index is 0.122. The van der Waals surface area contributed by atoms with Gasteiger partial charge in [-0.25, -0.2) is 9.07 Å². The minimum atomic E-state index is -0.662.